The Morgan fingerprint density at radius 3 is 2.68 bits per heavy atom. The van der Waals surface area contributed by atoms with Crippen LogP contribution in [0.25, 0.3) is 16.5 Å². The maximum absolute atomic E-state index is 12.5. The number of benzene rings is 2. The Balaban J connectivity index is 2.35. The molecule has 0 aliphatic carbocycles. The summed E-state index contributed by atoms with van der Waals surface area (Å²) in [5, 5.41) is 5.85. The highest BCUT2D eigenvalue weighted by Crippen LogP contribution is 2.15. The number of rotatable bonds is 1. The largest absolute Gasteiger partial charge is 0.279 e. The molecule has 3 nitrogen and oxygen atoms in total. The molecule has 1 aromatic heterocycles. The second kappa shape index (κ2) is 4.35. The molecule has 94 valence electrons. The van der Waals surface area contributed by atoms with Gasteiger partial charge in [-0.3, -0.25) is 4.79 Å². The van der Waals surface area contributed by atoms with Gasteiger partial charge in [0.1, 0.15) is 0 Å². The van der Waals surface area contributed by atoms with Crippen LogP contribution >= 0.6 is 0 Å². The minimum absolute atomic E-state index is 0.0770. The van der Waals surface area contributed by atoms with Crippen molar-refractivity contribution in [1.82, 2.24) is 9.78 Å². The van der Waals surface area contributed by atoms with Crippen LogP contribution in [0.15, 0.2) is 53.5 Å². The van der Waals surface area contributed by atoms with E-state index < -0.39 is 0 Å². The van der Waals surface area contributed by atoms with Gasteiger partial charge in [0, 0.05) is 5.39 Å². The van der Waals surface area contributed by atoms with Crippen LogP contribution < -0.4 is 5.56 Å². The van der Waals surface area contributed by atoms with Crippen molar-refractivity contribution < 1.29 is 0 Å². The van der Waals surface area contributed by atoms with Gasteiger partial charge >= 0.3 is 0 Å². The minimum Gasteiger partial charge on any atom is -0.267 e. The molecule has 0 saturated heterocycles. The molecule has 0 fully saturated rings. The first kappa shape index (κ1) is 11.7. The van der Waals surface area contributed by atoms with E-state index in [0.717, 1.165) is 22.2 Å². The van der Waals surface area contributed by atoms with Gasteiger partial charge in [-0.1, -0.05) is 30.3 Å². The molecule has 2 aromatic carbocycles. The molecule has 0 bridgehead atoms. The van der Waals surface area contributed by atoms with Crippen molar-refractivity contribution in [3.8, 4) is 5.69 Å². The van der Waals surface area contributed by atoms with E-state index in [4.69, 9.17) is 0 Å². The second-order valence-electron chi connectivity index (χ2n) is 4.74. The normalized spacial score (nSPS) is 10.8. The highest BCUT2D eigenvalue weighted by molar-refractivity contribution is 5.80. The van der Waals surface area contributed by atoms with Gasteiger partial charge in [0.2, 0.25) is 0 Å². The summed E-state index contributed by atoms with van der Waals surface area (Å²) in [7, 11) is 0. The smallest absolute Gasteiger partial charge is 0.267 e. The topological polar surface area (TPSA) is 34.9 Å². The Labute approximate surface area is 111 Å². The van der Waals surface area contributed by atoms with Gasteiger partial charge in [0.25, 0.3) is 5.56 Å². The lowest BCUT2D eigenvalue weighted by Gasteiger charge is -2.09. The molecule has 3 rings (SSSR count). The van der Waals surface area contributed by atoms with E-state index in [2.05, 4.69) is 5.10 Å². The summed E-state index contributed by atoms with van der Waals surface area (Å²) < 4.78 is 1.48. The number of nitrogens with zero attached hydrogens (tertiary/aromatic N) is 2. The van der Waals surface area contributed by atoms with Gasteiger partial charge in [0.15, 0.2) is 0 Å². The predicted octanol–water partition coefficient (Wildman–Crippen LogP) is 3.00. The lowest BCUT2D eigenvalue weighted by Crippen LogP contribution is -2.21. The molecule has 0 spiro atoms. The third-order valence-corrected chi connectivity index (χ3v) is 3.29. The Kier molecular flexibility index (Phi) is 2.67. The molecule has 0 unspecified atom stereocenters. The van der Waals surface area contributed by atoms with Crippen LogP contribution in [0.5, 0.6) is 0 Å². The number of aromatic nitrogens is 2. The van der Waals surface area contributed by atoms with Crippen LogP contribution in [0, 0.1) is 13.8 Å². The van der Waals surface area contributed by atoms with E-state index in [1.165, 1.54) is 4.68 Å². The van der Waals surface area contributed by atoms with Crippen molar-refractivity contribution in [3.05, 3.63) is 70.1 Å². The lowest BCUT2D eigenvalue weighted by molar-refractivity contribution is 0.814. The minimum atomic E-state index is -0.0770. The first-order valence-electron chi connectivity index (χ1n) is 6.21. The SMILES string of the molecule is Cc1ccc(C)c(-n2ncc3ccccc3c2=O)c1. The van der Waals surface area contributed by atoms with E-state index in [1.54, 1.807) is 6.20 Å². The molecule has 0 atom stereocenters. The highest BCUT2D eigenvalue weighted by Gasteiger charge is 2.07. The molecule has 0 N–H and O–H groups in total. The molecule has 3 heteroatoms. The maximum Gasteiger partial charge on any atom is 0.279 e. The fourth-order valence-corrected chi connectivity index (χ4v) is 2.21. The zero-order valence-corrected chi connectivity index (χ0v) is 10.9. The fraction of sp³-hybridized carbons (Fsp3) is 0.125. The van der Waals surface area contributed by atoms with Crippen molar-refractivity contribution in [3.63, 3.8) is 0 Å². The monoisotopic (exact) mass is 250 g/mol. The lowest BCUT2D eigenvalue weighted by atomic mass is 10.1. The van der Waals surface area contributed by atoms with Crippen LogP contribution in [0.4, 0.5) is 0 Å². The van der Waals surface area contributed by atoms with Gasteiger partial charge in [0.05, 0.1) is 17.3 Å². The molecule has 0 saturated carbocycles. The molecule has 0 radical (unpaired) electrons. The van der Waals surface area contributed by atoms with E-state index in [-0.39, 0.29) is 5.56 Å². The summed E-state index contributed by atoms with van der Waals surface area (Å²) >= 11 is 0. The third kappa shape index (κ3) is 1.93. The van der Waals surface area contributed by atoms with Crippen molar-refractivity contribution in [2.75, 3.05) is 0 Å². The number of aryl methyl sites for hydroxylation is 2. The summed E-state index contributed by atoms with van der Waals surface area (Å²) in [5.74, 6) is 0. The average molecular weight is 250 g/mol. The first-order chi connectivity index (χ1) is 9.16. The molecule has 0 amide bonds. The maximum atomic E-state index is 12.5. The van der Waals surface area contributed by atoms with Gasteiger partial charge in [-0.05, 0) is 37.1 Å². The summed E-state index contributed by atoms with van der Waals surface area (Å²) in [4.78, 5) is 12.5. The number of hydrogen-bond donors (Lipinski definition) is 0. The number of hydrogen-bond acceptors (Lipinski definition) is 2. The molecule has 3 aromatic rings. The summed E-state index contributed by atoms with van der Waals surface area (Å²) in [6, 6.07) is 13.5. The van der Waals surface area contributed by atoms with Crippen LogP contribution in [0.1, 0.15) is 11.1 Å². The first-order valence-corrected chi connectivity index (χ1v) is 6.21. The molecule has 0 aliphatic heterocycles. The average Bonchev–Trinajstić information content (AvgIpc) is 2.43. The summed E-state index contributed by atoms with van der Waals surface area (Å²) in [6.45, 7) is 3.99. The van der Waals surface area contributed by atoms with Crippen LogP contribution in [-0.4, -0.2) is 9.78 Å². The quantitative estimate of drug-likeness (QED) is 0.665. The van der Waals surface area contributed by atoms with E-state index in [0.29, 0.717) is 5.39 Å². The van der Waals surface area contributed by atoms with Crippen LogP contribution in [-0.2, 0) is 0 Å². The third-order valence-electron chi connectivity index (χ3n) is 3.29. The summed E-state index contributed by atoms with van der Waals surface area (Å²) in [5.41, 5.74) is 2.92. The van der Waals surface area contributed by atoms with Crippen LogP contribution in [0.3, 0.4) is 0 Å². The second-order valence-corrected chi connectivity index (χ2v) is 4.74. The molecule has 1 heterocycles. The fourth-order valence-electron chi connectivity index (χ4n) is 2.21. The van der Waals surface area contributed by atoms with Crippen molar-refractivity contribution >= 4 is 10.8 Å². The predicted molar refractivity (Wildman–Crippen MR) is 76.8 cm³/mol. The van der Waals surface area contributed by atoms with Crippen molar-refractivity contribution in [2.45, 2.75) is 13.8 Å². The molecule has 19 heavy (non-hydrogen) atoms. The Hall–Kier alpha value is -2.42. The standard InChI is InChI=1S/C16H14N2O/c1-11-7-8-12(2)15(9-11)18-16(19)14-6-4-3-5-13(14)10-17-18/h3-10H,1-2H3. The van der Waals surface area contributed by atoms with Gasteiger partial charge < -0.3 is 0 Å². The highest BCUT2D eigenvalue weighted by atomic mass is 16.1. The molecular formula is C16H14N2O. The van der Waals surface area contributed by atoms with E-state index in [1.807, 2.05) is 56.3 Å². The zero-order valence-electron chi connectivity index (χ0n) is 10.9. The van der Waals surface area contributed by atoms with Gasteiger partial charge in [-0.15, -0.1) is 0 Å². The Bertz CT molecular complexity index is 818. The molecule has 0 aliphatic rings. The molecular weight excluding hydrogens is 236 g/mol. The van der Waals surface area contributed by atoms with Crippen LogP contribution in [0.2, 0.25) is 0 Å². The zero-order chi connectivity index (χ0) is 13.4. The van der Waals surface area contributed by atoms with Gasteiger partial charge in [-0.2, -0.15) is 9.78 Å². The van der Waals surface area contributed by atoms with E-state index >= 15 is 0 Å². The van der Waals surface area contributed by atoms with Crippen molar-refractivity contribution in [2.24, 2.45) is 0 Å². The Morgan fingerprint density at radius 1 is 1.05 bits per heavy atom. The van der Waals surface area contributed by atoms with Gasteiger partial charge in [-0.25, -0.2) is 0 Å². The summed E-state index contributed by atoms with van der Waals surface area (Å²) in [6.07, 6.45) is 1.73. The Morgan fingerprint density at radius 2 is 1.84 bits per heavy atom. The van der Waals surface area contributed by atoms with E-state index in [9.17, 15) is 4.79 Å². The van der Waals surface area contributed by atoms with Crippen molar-refractivity contribution in [1.29, 1.82) is 0 Å². The number of fused-ring (bicyclic) bond motifs is 1.